The number of nitrogens with zero attached hydrogens (tertiary/aromatic N) is 3. The van der Waals surface area contributed by atoms with Gasteiger partial charge in [0.05, 0.1) is 5.56 Å². The molecule has 0 fully saturated rings. The second-order valence-corrected chi connectivity index (χ2v) is 7.22. The van der Waals surface area contributed by atoms with Crippen molar-refractivity contribution >= 4 is 5.97 Å². The number of aryl methyl sites for hydroxylation is 1. The van der Waals surface area contributed by atoms with Crippen LogP contribution in [0.15, 0.2) is 71.1 Å². The van der Waals surface area contributed by atoms with Gasteiger partial charge in [-0.1, -0.05) is 48.5 Å². The summed E-state index contributed by atoms with van der Waals surface area (Å²) < 4.78 is 13.4. The Morgan fingerprint density at radius 2 is 1.70 bits per heavy atom. The van der Waals surface area contributed by atoms with Gasteiger partial charge in [0.15, 0.2) is 6.10 Å². The average Bonchev–Trinajstić information content (AvgIpc) is 3.36. The second-order valence-electron chi connectivity index (χ2n) is 7.22. The molecule has 1 atom stereocenters. The quantitative estimate of drug-likeness (QED) is 0.419. The summed E-state index contributed by atoms with van der Waals surface area (Å²) in [6.07, 6.45) is -0.653. The third-order valence-electron chi connectivity index (χ3n) is 5.07. The zero-order valence-electron chi connectivity index (χ0n) is 17.2. The van der Waals surface area contributed by atoms with Gasteiger partial charge in [0, 0.05) is 23.5 Å². The van der Waals surface area contributed by atoms with E-state index in [4.69, 9.17) is 9.15 Å². The van der Waals surface area contributed by atoms with Crippen molar-refractivity contribution in [1.29, 1.82) is 0 Å². The maximum Gasteiger partial charge on any atom is 0.340 e. The predicted molar refractivity (Wildman–Crippen MR) is 113 cm³/mol. The monoisotopic (exact) mass is 401 g/mol. The Morgan fingerprint density at radius 1 is 1.03 bits per heavy atom. The molecule has 0 unspecified atom stereocenters. The molecule has 30 heavy (non-hydrogen) atoms. The normalized spacial score (nSPS) is 12.0. The summed E-state index contributed by atoms with van der Waals surface area (Å²) in [5.74, 6) is 0.254. The van der Waals surface area contributed by atoms with E-state index < -0.39 is 12.1 Å². The van der Waals surface area contributed by atoms with Gasteiger partial charge in [-0.3, -0.25) is 0 Å². The lowest BCUT2D eigenvalue weighted by atomic mass is 10.2. The van der Waals surface area contributed by atoms with Crippen molar-refractivity contribution < 1.29 is 13.9 Å². The van der Waals surface area contributed by atoms with Crippen molar-refractivity contribution in [3.8, 4) is 11.5 Å². The lowest BCUT2D eigenvalue weighted by Crippen LogP contribution is -2.11. The molecule has 0 amide bonds. The zero-order chi connectivity index (χ0) is 21.1. The molecule has 152 valence electrons. The molecule has 6 heteroatoms. The maximum absolute atomic E-state index is 12.8. The number of carbonyl (C=O) groups is 1. The highest BCUT2D eigenvalue weighted by atomic mass is 16.6. The van der Waals surface area contributed by atoms with Gasteiger partial charge < -0.3 is 13.7 Å². The molecule has 2 aromatic heterocycles. The number of rotatable bonds is 6. The first-order valence-corrected chi connectivity index (χ1v) is 9.83. The van der Waals surface area contributed by atoms with Gasteiger partial charge in [0.25, 0.3) is 5.89 Å². The van der Waals surface area contributed by atoms with Crippen molar-refractivity contribution in [2.45, 2.75) is 33.4 Å². The van der Waals surface area contributed by atoms with Gasteiger partial charge in [-0.2, -0.15) is 0 Å². The molecule has 0 aliphatic rings. The Labute approximate surface area is 175 Å². The standard InChI is InChI=1S/C24H23N3O3/c1-16-14-21(17(2)27(16)15-19-10-6-4-7-11-19)24(28)29-18(3)22-25-26-23(30-22)20-12-8-5-9-13-20/h4-14,18H,15H2,1-3H3/t18-/m0/s1. The first-order chi connectivity index (χ1) is 14.5. The molecule has 4 rings (SSSR count). The summed E-state index contributed by atoms with van der Waals surface area (Å²) in [5.41, 5.74) is 4.40. The van der Waals surface area contributed by atoms with E-state index in [0.717, 1.165) is 17.0 Å². The highest BCUT2D eigenvalue weighted by Crippen LogP contribution is 2.24. The average molecular weight is 401 g/mol. The molecule has 0 bridgehead atoms. The summed E-state index contributed by atoms with van der Waals surface area (Å²) in [6.45, 7) is 6.34. The first kappa shape index (κ1) is 19.6. The third kappa shape index (κ3) is 4.03. The summed E-state index contributed by atoms with van der Waals surface area (Å²) in [4.78, 5) is 12.8. The second kappa shape index (κ2) is 8.37. The molecular weight excluding hydrogens is 378 g/mol. The van der Waals surface area contributed by atoms with Crippen LogP contribution in [0.1, 0.15) is 46.2 Å². The van der Waals surface area contributed by atoms with Crippen LogP contribution in [0.3, 0.4) is 0 Å². The van der Waals surface area contributed by atoms with E-state index in [1.54, 1.807) is 6.92 Å². The van der Waals surface area contributed by atoms with E-state index in [9.17, 15) is 4.79 Å². The van der Waals surface area contributed by atoms with Crippen LogP contribution in [0.2, 0.25) is 0 Å². The van der Waals surface area contributed by atoms with Crippen molar-refractivity contribution in [3.05, 3.63) is 95.1 Å². The van der Waals surface area contributed by atoms with Gasteiger partial charge in [-0.05, 0) is 44.5 Å². The number of hydrogen-bond acceptors (Lipinski definition) is 5. The minimum absolute atomic E-state index is 0.264. The zero-order valence-corrected chi connectivity index (χ0v) is 17.2. The van der Waals surface area contributed by atoms with Crippen LogP contribution in [-0.2, 0) is 11.3 Å². The lowest BCUT2D eigenvalue weighted by molar-refractivity contribution is 0.0279. The van der Waals surface area contributed by atoms with Gasteiger partial charge >= 0.3 is 5.97 Å². The minimum atomic E-state index is -0.653. The predicted octanol–water partition coefficient (Wildman–Crippen LogP) is 5.12. The van der Waals surface area contributed by atoms with Crippen LogP contribution in [-0.4, -0.2) is 20.7 Å². The molecule has 0 radical (unpaired) electrons. The Bertz CT molecular complexity index is 1150. The van der Waals surface area contributed by atoms with Crippen molar-refractivity contribution in [1.82, 2.24) is 14.8 Å². The smallest absolute Gasteiger partial charge is 0.340 e. The van der Waals surface area contributed by atoms with E-state index in [-0.39, 0.29) is 5.89 Å². The fourth-order valence-electron chi connectivity index (χ4n) is 3.39. The van der Waals surface area contributed by atoms with Gasteiger partial charge in [0.1, 0.15) is 0 Å². The van der Waals surface area contributed by atoms with Crippen LogP contribution < -0.4 is 0 Å². The number of aromatic nitrogens is 3. The largest absolute Gasteiger partial charge is 0.449 e. The summed E-state index contributed by atoms with van der Waals surface area (Å²) in [6, 6.07) is 21.5. The molecule has 6 nitrogen and oxygen atoms in total. The SMILES string of the molecule is Cc1cc(C(=O)O[C@@H](C)c2nnc(-c3ccccc3)o2)c(C)n1Cc1ccccc1. The van der Waals surface area contributed by atoms with Crippen molar-refractivity contribution in [3.63, 3.8) is 0 Å². The van der Waals surface area contributed by atoms with E-state index in [0.29, 0.717) is 18.0 Å². The van der Waals surface area contributed by atoms with E-state index in [2.05, 4.69) is 26.9 Å². The summed E-state index contributed by atoms with van der Waals surface area (Å²) in [5, 5.41) is 8.10. The van der Waals surface area contributed by atoms with Gasteiger partial charge in [-0.25, -0.2) is 4.79 Å². The van der Waals surface area contributed by atoms with Crippen LogP contribution >= 0.6 is 0 Å². The molecule has 2 heterocycles. The Kier molecular flexibility index (Phi) is 5.48. The Morgan fingerprint density at radius 3 is 2.40 bits per heavy atom. The molecule has 0 aliphatic carbocycles. The first-order valence-electron chi connectivity index (χ1n) is 9.83. The fraction of sp³-hybridized carbons (Fsp3) is 0.208. The molecule has 0 spiro atoms. The van der Waals surface area contributed by atoms with Gasteiger partial charge in [0.2, 0.25) is 5.89 Å². The number of carbonyl (C=O) groups excluding carboxylic acids is 1. The van der Waals surface area contributed by atoms with E-state index >= 15 is 0 Å². The number of hydrogen-bond donors (Lipinski definition) is 0. The Hall–Kier alpha value is -3.67. The lowest BCUT2D eigenvalue weighted by Gasteiger charge is -2.11. The Balaban J connectivity index is 1.49. The van der Waals surface area contributed by atoms with Crippen LogP contribution in [0.5, 0.6) is 0 Å². The molecule has 0 saturated heterocycles. The minimum Gasteiger partial charge on any atom is -0.449 e. The van der Waals surface area contributed by atoms with Crippen LogP contribution in [0.25, 0.3) is 11.5 Å². The molecule has 2 aromatic carbocycles. The molecule has 0 N–H and O–H groups in total. The van der Waals surface area contributed by atoms with E-state index in [1.165, 1.54) is 5.56 Å². The van der Waals surface area contributed by atoms with Crippen LogP contribution in [0, 0.1) is 13.8 Å². The molecular formula is C24H23N3O3. The molecule has 0 aliphatic heterocycles. The molecule has 4 aromatic rings. The maximum atomic E-state index is 12.8. The van der Waals surface area contributed by atoms with Crippen molar-refractivity contribution in [2.24, 2.45) is 0 Å². The van der Waals surface area contributed by atoms with Gasteiger partial charge in [-0.15, -0.1) is 10.2 Å². The van der Waals surface area contributed by atoms with E-state index in [1.807, 2.05) is 68.4 Å². The summed E-state index contributed by atoms with van der Waals surface area (Å²) in [7, 11) is 0. The highest BCUT2D eigenvalue weighted by Gasteiger charge is 2.23. The summed E-state index contributed by atoms with van der Waals surface area (Å²) >= 11 is 0. The third-order valence-corrected chi connectivity index (χ3v) is 5.07. The topological polar surface area (TPSA) is 70.2 Å². The fourth-order valence-corrected chi connectivity index (χ4v) is 3.39. The number of ether oxygens (including phenoxy) is 1. The van der Waals surface area contributed by atoms with Crippen LogP contribution in [0.4, 0.5) is 0 Å². The number of esters is 1. The number of benzene rings is 2. The van der Waals surface area contributed by atoms with Crippen molar-refractivity contribution in [2.75, 3.05) is 0 Å². The molecule has 0 saturated carbocycles. The highest BCUT2D eigenvalue weighted by molar-refractivity contribution is 5.91.